The number of hydrogen-bond donors (Lipinski definition) is 2. The third-order valence-corrected chi connectivity index (χ3v) is 15.5. The van der Waals surface area contributed by atoms with Crippen LogP contribution in [-0.2, 0) is 26.4 Å². The maximum absolute atomic E-state index is 15.0. The fraction of sp³-hybridized carbons (Fsp3) is 0.213. The summed E-state index contributed by atoms with van der Waals surface area (Å²) >= 11 is 6.93. The van der Waals surface area contributed by atoms with E-state index in [2.05, 4.69) is 4.98 Å². The molecule has 19 heteroatoms. The standard InChI is InChI=1S/C61H53ClN10O8/c1-33-13-7-8-14-39(33)50-42-31-38(57(76)68(4)5)21-20-35(42)25-27-71(50)61-66-49(54-63-44-17-11-12-18-46(44)79-54)53(74)59(78)72(61)32-34-19-24-47-45(29-34)64-55(80-47)48-52(73)58(77)69(6)60(65-48)70-28-26-36-30-37(56(75)67(2)3)22-23-40(36)51(70)41-15-9-10-16-43(41)62/h7-24,29-31,50-51,73-74H,25-28,32H2,1-6H3/t50-,51+/m0/s1. The van der Waals surface area contributed by atoms with Gasteiger partial charge in [0, 0.05) is 64.5 Å². The van der Waals surface area contributed by atoms with Crippen molar-refractivity contribution in [3.05, 3.63) is 209 Å². The van der Waals surface area contributed by atoms with Crippen LogP contribution in [0, 0.1) is 6.92 Å². The van der Waals surface area contributed by atoms with Crippen molar-refractivity contribution in [2.24, 2.45) is 7.05 Å². The van der Waals surface area contributed by atoms with E-state index in [0.29, 0.717) is 69.8 Å². The molecule has 6 heterocycles. The van der Waals surface area contributed by atoms with E-state index in [1.165, 1.54) is 26.0 Å². The van der Waals surface area contributed by atoms with Crippen molar-refractivity contribution in [1.82, 2.24) is 38.9 Å². The third kappa shape index (κ3) is 8.77. The summed E-state index contributed by atoms with van der Waals surface area (Å²) in [5.74, 6) is -1.40. The van der Waals surface area contributed by atoms with Crippen LogP contribution >= 0.6 is 11.6 Å². The number of aromatic nitrogens is 6. The number of oxazole rings is 2. The molecule has 0 fully saturated rings. The van der Waals surface area contributed by atoms with Crippen molar-refractivity contribution < 1.29 is 28.6 Å². The highest BCUT2D eigenvalue weighted by Crippen LogP contribution is 2.44. The quantitative estimate of drug-likeness (QED) is 0.131. The van der Waals surface area contributed by atoms with E-state index < -0.39 is 34.7 Å². The van der Waals surface area contributed by atoms with E-state index in [9.17, 15) is 29.4 Å². The van der Waals surface area contributed by atoms with E-state index in [4.69, 9.17) is 35.4 Å². The second kappa shape index (κ2) is 20.0. The zero-order valence-electron chi connectivity index (χ0n) is 44.5. The predicted octanol–water partition coefficient (Wildman–Crippen LogP) is 9.08. The molecule has 80 heavy (non-hydrogen) atoms. The molecule has 2 atom stereocenters. The van der Waals surface area contributed by atoms with Gasteiger partial charge in [0.2, 0.25) is 23.4 Å². The van der Waals surface area contributed by atoms with Crippen LogP contribution in [-0.4, -0.2) is 102 Å². The Morgan fingerprint density at radius 3 is 1.88 bits per heavy atom. The minimum Gasteiger partial charge on any atom is -0.501 e. The van der Waals surface area contributed by atoms with Crippen molar-refractivity contribution in [2.75, 3.05) is 51.1 Å². The van der Waals surface area contributed by atoms with Crippen LogP contribution in [0.5, 0.6) is 11.5 Å². The summed E-state index contributed by atoms with van der Waals surface area (Å²) in [6.45, 7) is 2.64. The molecule has 18 nitrogen and oxygen atoms in total. The zero-order chi connectivity index (χ0) is 55.8. The van der Waals surface area contributed by atoms with Crippen molar-refractivity contribution in [3.8, 4) is 34.7 Å². The first kappa shape index (κ1) is 51.2. The molecule has 0 unspecified atom stereocenters. The number of anilines is 2. The van der Waals surface area contributed by atoms with Crippen LogP contribution in [0.2, 0.25) is 5.02 Å². The number of hydrogen-bond acceptors (Lipinski definition) is 14. The topological polar surface area (TPSA) is 209 Å². The summed E-state index contributed by atoms with van der Waals surface area (Å²) in [5, 5.41) is 24.0. The number of carbonyl (C=O) groups excluding carboxylic acids is 2. The Kier molecular flexibility index (Phi) is 12.8. The molecule has 402 valence electrons. The van der Waals surface area contributed by atoms with E-state index in [1.807, 2.05) is 95.6 Å². The molecule has 2 amide bonds. The average molecular weight is 1090 g/mol. The van der Waals surface area contributed by atoms with Gasteiger partial charge in [0.1, 0.15) is 11.0 Å². The number of carbonyl (C=O) groups is 2. The lowest BCUT2D eigenvalue weighted by molar-refractivity contribution is 0.0820. The van der Waals surface area contributed by atoms with Crippen LogP contribution in [0.1, 0.15) is 77.3 Å². The van der Waals surface area contributed by atoms with Gasteiger partial charge >= 0.3 is 0 Å². The number of para-hydroxylation sites is 2. The smallest absolute Gasteiger partial charge is 0.298 e. The maximum atomic E-state index is 15.0. The van der Waals surface area contributed by atoms with Gasteiger partial charge in [0.25, 0.3) is 34.7 Å². The molecule has 10 aromatic rings. The summed E-state index contributed by atoms with van der Waals surface area (Å²) < 4.78 is 15.1. The number of benzene rings is 6. The monoisotopic (exact) mass is 1090 g/mol. The Labute approximate surface area is 463 Å². The number of nitrogens with zero attached hydrogens (tertiary/aromatic N) is 10. The number of aromatic hydroxyl groups is 2. The SMILES string of the molecule is Cc1ccccc1[C@H]1c2cc(C(=O)N(C)C)ccc2CCN1c1nc(-c2nc3ccccc3o2)c(O)c(=O)n1Cc1ccc2oc(-c3nc(N4CCc5cc(C(=O)N(C)C)ccc5[C@@H]4c4ccccc4Cl)n(C)c(=O)c3O)nc2c1. The van der Waals surface area contributed by atoms with E-state index in [-0.39, 0.29) is 53.4 Å². The van der Waals surface area contributed by atoms with Crippen molar-refractivity contribution >= 4 is 57.5 Å². The molecule has 0 spiro atoms. The summed E-state index contributed by atoms with van der Waals surface area (Å²) in [5.41, 5.74) is 7.68. The van der Waals surface area contributed by atoms with Gasteiger partial charge in [0.05, 0.1) is 18.6 Å². The highest BCUT2D eigenvalue weighted by atomic mass is 35.5. The Balaban J connectivity index is 0.963. The van der Waals surface area contributed by atoms with Crippen LogP contribution < -0.4 is 20.9 Å². The van der Waals surface area contributed by atoms with Crippen LogP contribution in [0.15, 0.2) is 146 Å². The van der Waals surface area contributed by atoms with Crippen molar-refractivity contribution in [2.45, 2.75) is 38.4 Å². The van der Waals surface area contributed by atoms with E-state index in [1.54, 1.807) is 76.7 Å². The summed E-state index contributed by atoms with van der Waals surface area (Å²) in [6.07, 6.45) is 1.03. The largest absolute Gasteiger partial charge is 0.501 e. The number of aryl methyl sites for hydroxylation is 1. The number of fused-ring (bicyclic) bond motifs is 4. The molecular weight excluding hydrogens is 1040 g/mol. The molecule has 2 aliphatic rings. The van der Waals surface area contributed by atoms with Gasteiger partial charge in [-0.1, -0.05) is 84.4 Å². The minimum absolute atomic E-state index is 0.0402. The first-order chi connectivity index (χ1) is 38.5. The van der Waals surface area contributed by atoms with Gasteiger partial charge in [0.15, 0.2) is 22.6 Å². The molecule has 0 bridgehead atoms. The second-order valence-electron chi connectivity index (χ2n) is 20.6. The Morgan fingerprint density at radius 1 is 0.600 bits per heavy atom. The first-order valence-electron chi connectivity index (χ1n) is 26.0. The Morgan fingerprint density at radius 2 is 1.18 bits per heavy atom. The van der Waals surface area contributed by atoms with Gasteiger partial charge in [-0.25, -0.2) is 19.9 Å². The summed E-state index contributed by atoms with van der Waals surface area (Å²) in [4.78, 5) is 82.2. The number of amides is 2. The fourth-order valence-electron chi connectivity index (χ4n) is 11.1. The molecule has 2 aliphatic heterocycles. The second-order valence-corrected chi connectivity index (χ2v) is 21.0. The van der Waals surface area contributed by atoms with Gasteiger partial charge in [-0.15, -0.1) is 0 Å². The molecule has 0 radical (unpaired) electrons. The fourth-order valence-corrected chi connectivity index (χ4v) is 11.3. The number of rotatable bonds is 10. The lowest BCUT2D eigenvalue weighted by atomic mass is 9.85. The van der Waals surface area contributed by atoms with Gasteiger partial charge in [-0.2, -0.15) is 0 Å². The maximum Gasteiger partial charge on any atom is 0.298 e. The Bertz CT molecular complexity index is 4260. The molecule has 12 rings (SSSR count). The van der Waals surface area contributed by atoms with Crippen molar-refractivity contribution in [3.63, 3.8) is 0 Å². The van der Waals surface area contributed by atoms with Crippen LogP contribution in [0.4, 0.5) is 11.9 Å². The molecule has 4 aromatic heterocycles. The normalized spacial score (nSPS) is 15.0. The number of halogens is 1. The molecule has 0 saturated heterocycles. The molecule has 0 aliphatic carbocycles. The van der Waals surface area contributed by atoms with Crippen LogP contribution in [0.3, 0.4) is 0 Å². The average Bonchev–Trinajstić information content (AvgIpc) is 4.14. The molecule has 0 saturated carbocycles. The van der Waals surface area contributed by atoms with Crippen molar-refractivity contribution in [1.29, 1.82) is 0 Å². The Hall–Kier alpha value is -9.55. The minimum atomic E-state index is -0.765. The highest BCUT2D eigenvalue weighted by molar-refractivity contribution is 6.31. The summed E-state index contributed by atoms with van der Waals surface area (Å²) in [6, 6.07) is 37.8. The van der Waals surface area contributed by atoms with Gasteiger partial charge < -0.3 is 38.6 Å². The molecule has 6 aromatic carbocycles. The highest BCUT2D eigenvalue weighted by Gasteiger charge is 2.37. The predicted molar refractivity (Wildman–Crippen MR) is 304 cm³/mol. The first-order valence-corrected chi connectivity index (χ1v) is 26.3. The zero-order valence-corrected chi connectivity index (χ0v) is 45.3. The van der Waals surface area contributed by atoms with Gasteiger partial charge in [-0.3, -0.25) is 28.3 Å². The third-order valence-electron chi connectivity index (χ3n) is 15.1. The lowest BCUT2D eigenvalue weighted by Gasteiger charge is -2.40. The molecular formula is C61H53ClN10O8. The molecule has 2 N–H and O–H groups in total. The van der Waals surface area contributed by atoms with Gasteiger partial charge in [-0.05, 0) is 119 Å². The van der Waals surface area contributed by atoms with E-state index >= 15 is 0 Å². The van der Waals surface area contributed by atoms with E-state index in [0.717, 1.165) is 38.9 Å². The summed E-state index contributed by atoms with van der Waals surface area (Å²) in [7, 11) is 8.36. The lowest BCUT2D eigenvalue weighted by Crippen LogP contribution is -2.41. The van der Waals surface area contributed by atoms with Crippen LogP contribution in [0.25, 0.3) is 45.4 Å².